The molecule has 0 radical (unpaired) electrons. The minimum absolute atomic E-state index is 0.0913. The van der Waals surface area contributed by atoms with Gasteiger partial charge < -0.3 is 27.9 Å². The molecule has 7 nitrogen and oxygen atoms in total. The zero-order valence-corrected chi connectivity index (χ0v) is 18.6. The van der Waals surface area contributed by atoms with E-state index in [4.69, 9.17) is 18.5 Å². The van der Waals surface area contributed by atoms with Gasteiger partial charge in [-0.1, -0.05) is 27.7 Å². The molecule has 0 bridgehead atoms. The molecule has 0 saturated heterocycles. The summed E-state index contributed by atoms with van der Waals surface area (Å²) < 4.78 is 33.8. The molecule has 0 heterocycles. The summed E-state index contributed by atoms with van der Waals surface area (Å²) in [5, 5.41) is 0. The van der Waals surface area contributed by atoms with Crippen molar-refractivity contribution in [2.24, 2.45) is 11.8 Å². The largest absolute Gasteiger partial charge is 0.756 e. The number of ether oxygens (including phenoxy) is 2. The van der Waals surface area contributed by atoms with E-state index < -0.39 is 13.9 Å². The number of hydrogen-bond donors (Lipinski definition) is 0. The number of nitrogens with zero attached hydrogens (tertiary/aromatic N) is 1. The smallest absolute Gasteiger partial charge is 0.268 e. The van der Waals surface area contributed by atoms with E-state index in [9.17, 15) is 9.46 Å². The molecule has 8 heteroatoms. The van der Waals surface area contributed by atoms with Crippen molar-refractivity contribution < 1.29 is 32.5 Å². The first-order valence-electron chi connectivity index (χ1n) is 9.51. The van der Waals surface area contributed by atoms with Gasteiger partial charge in [-0.25, -0.2) is 0 Å². The van der Waals surface area contributed by atoms with Crippen LogP contribution in [0.15, 0.2) is 0 Å². The van der Waals surface area contributed by atoms with E-state index >= 15 is 0 Å². The fourth-order valence-electron chi connectivity index (χ4n) is 1.79. The first-order valence-corrected chi connectivity index (χ1v) is 11.0. The third-order valence-corrected chi connectivity index (χ3v) is 4.59. The average Bonchev–Trinajstić information content (AvgIpc) is 2.46. The van der Waals surface area contributed by atoms with Crippen LogP contribution >= 0.6 is 7.82 Å². The van der Waals surface area contributed by atoms with Gasteiger partial charge in [0.25, 0.3) is 7.82 Å². The topological polar surface area (TPSA) is 77.1 Å². The minimum atomic E-state index is -4.33. The van der Waals surface area contributed by atoms with Gasteiger partial charge in [-0.05, 0) is 24.7 Å². The SMILES string of the molecule is CC(C)CCOC[C@H](COP(=O)([O-])OCC[N+](C)(C)C)OCCC(C)C. The van der Waals surface area contributed by atoms with E-state index in [0.717, 1.165) is 12.8 Å². The van der Waals surface area contributed by atoms with Crippen LogP contribution in [0.25, 0.3) is 0 Å². The molecule has 26 heavy (non-hydrogen) atoms. The highest BCUT2D eigenvalue weighted by atomic mass is 31.2. The van der Waals surface area contributed by atoms with Crippen LogP contribution in [0.4, 0.5) is 0 Å². The second-order valence-corrected chi connectivity index (χ2v) is 9.93. The molecule has 0 aromatic rings. The lowest BCUT2D eigenvalue weighted by Gasteiger charge is -2.28. The van der Waals surface area contributed by atoms with Crippen molar-refractivity contribution >= 4 is 7.82 Å². The maximum Gasteiger partial charge on any atom is 0.268 e. The maximum absolute atomic E-state index is 11.9. The molecule has 158 valence electrons. The Bertz CT molecular complexity index is 398. The summed E-state index contributed by atoms with van der Waals surface area (Å²) in [6.45, 7) is 10.5. The first-order chi connectivity index (χ1) is 11.9. The number of phosphoric acid groups is 1. The predicted molar refractivity (Wildman–Crippen MR) is 102 cm³/mol. The minimum Gasteiger partial charge on any atom is -0.756 e. The van der Waals surface area contributed by atoms with Gasteiger partial charge >= 0.3 is 0 Å². The average molecular weight is 397 g/mol. The van der Waals surface area contributed by atoms with Crippen molar-refractivity contribution in [3.63, 3.8) is 0 Å². The van der Waals surface area contributed by atoms with Crippen molar-refractivity contribution in [1.82, 2.24) is 0 Å². The summed E-state index contributed by atoms with van der Waals surface area (Å²) in [7, 11) is 1.56. The molecule has 0 rings (SSSR count). The Morgan fingerprint density at radius 3 is 2.00 bits per heavy atom. The second-order valence-electron chi connectivity index (χ2n) is 8.52. The molecule has 0 aromatic carbocycles. The molecule has 1 unspecified atom stereocenters. The monoisotopic (exact) mass is 397 g/mol. The highest BCUT2D eigenvalue weighted by Crippen LogP contribution is 2.38. The van der Waals surface area contributed by atoms with Crippen LogP contribution in [0.1, 0.15) is 40.5 Å². The van der Waals surface area contributed by atoms with Crippen LogP contribution in [0.2, 0.25) is 0 Å². The van der Waals surface area contributed by atoms with Crippen molar-refractivity contribution in [1.29, 1.82) is 0 Å². The van der Waals surface area contributed by atoms with E-state index in [1.165, 1.54) is 0 Å². The van der Waals surface area contributed by atoms with Gasteiger partial charge in [0.2, 0.25) is 0 Å². The van der Waals surface area contributed by atoms with Crippen LogP contribution in [-0.4, -0.2) is 71.3 Å². The predicted octanol–water partition coefficient (Wildman–Crippen LogP) is 2.69. The Morgan fingerprint density at radius 2 is 1.46 bits per heavy atom. The zero-order valence-electron chi connectivity index (χ0n) is 17.7. The molecule has 0 N–H and O–H groups in total. The third-order valence-electron chi connectivity index (χ3n) is 3.62. The summed E-state index contributed by atoms with van der Waals surface area (Å²) in [6, 6.07) is 0. The molecular weight excluding hydrogens is 357 g/mol. The summed E-state index contributed by atoms with van der Waals surface area (Å²) in [5.74, 6) is 1.07. The molecule has 0 aromatic heterocycles. The van der Waals surface area contributed by atoms with Gasteiger partial charge in [0, 0.05) is 13.2 Å². The number of hydrogen-bond acceptors (Lipinski definition) is 6. The lowest BCUT2D eigenvalue weighted by molar-refractivity contribution is -0.870. The van der Waals surface area contributed by atoms with E-state index in [1.54, 1.807) is 0 Å². The fraction of sp³-hybridized carbons (Fsp3) is 1.00. The quantitative estimate of drug-likeness (QED) is 0.226. The van der Waals surface area contributed by atoms with Crippen molar-refractivity contribution in [3.05, 3.63) is 0 Å². The molecule has 0 spiro atoms. The van der Waals surface area contributed by atoms with Crippen LogP contribution < -0.4 is 4.89 Å². The molecule has 2 atom stereocenters. The third kappa shape index (κ3) is 17.4. The Labute approximate surface area is 160 Å². The molecule has 0 amide bonds. The normalized spacial score (nSPS) is 16.2. The Kier molecular flexibility index (Phi) is 13.2. The van der Waals surface area contributed by atoms with Crippen LogP contribution in [-0.2, 0) is 23.1 Å². The van der Waals surface area contributed by atoms with Crippen molar-refractivity contribution in [3.8, 4) is 0 Å². The summed E-state index contributed by atoms with van der Waals surface area (Å²) in [4.78, 5) is 11.9. The van der Waals surface area contributed by atoms with Crippen LogP contribution in [0, 0.1) is 11.8 Å². The standard InChI is InChI=1S/C18H40NO6P/c1-16(2)8-11-22-14-18(23-12-9-17(3)4)15-25-26(20,21)24-13-10-19(5,6)7/h16-18H,8-15H2,1-7H3/t18-/m1/s1. The van der Waals surface area contributed by atoms with E-state index in [1.807, 2.05) is 21.1 Å². The molecule has 0 saturated carbocycles. The highest BCUT2D eigenvalue weighted by molar-refractivity contribution is 7.45. The Morgan fingerprint density at radius 1 is 0.885 bits per heavy atom. The number of likely N-dealkylation sites (N-methyl/N-ethyl adjacent to an activating group) is 1. The van der Waals surface area contributed by atoms with Gasteiger partial charge in [-0.15, -0.1) is 0 Å². The summed E-state index contributed by atoms with van der Waals surface area (Å²) >= 11 is 0. The van der Waals surface area contributed by atoms with E-state index in [-0.39, 0.29) is 13.2 Å². The summed E-state index contributed by atoms with van der Waals surface area (Å²) in [6.07, 6.45) is 1.43. The van der Waals surface area contributed by atoms with Crippen LogP contribution in [0.3, 0.4) is 0 Å². The van der Waals surface area contributed by atoms with Gasteiger partial charge in [0.05, 0.1) is 34.4 Å². The molecule has 0 aliphatic rings. The number of quaternary nitrogens is 1. The first kappa shape index (κ1) is 26.0. The van der Waals surface area contributed by atoms with Crippen molar-refractivity contribution in [2.45, 2.75) is 46.6 Å². The Balaban J connectivity index is 4.32. The zero-order chi connectivity index (χ0) is 20.2. The fourth-order valence-corrected chi connectivity index (χ4v) is 2.52. The molecular formula is C18H40NO6P. The molecule has 0 aliphatic carbocycles. The lowest BCUT2D eigenvalue weighted by atomic mass is 10.1. The number of rotatable bonds is 16. The van der Waals surface area contributed by atoms with Crippen molar-refractivity contribution in [2.75, 3.05) is 60.7 Å². The highest BCUT2D eigenvalue weighted by Gasteiger charge is 2.18. The lowest BCUT2D eigenvalue weighted by Crippen LogP contribution is -2.37. The molecule has 0 fully saturated rings. The van der Waals surface area contributed by atoms with Crippen LogP contribution in [0.5, 0.6) is 0 Å². The van der Waals surface area contributed by atoms with E-state index in [2.05, 4.69) is 27.7 Å². The Hall–Kier alpha value is -0.0100. The molecule has 0 aliphatic heterocycles. The van der Waals surface area contributed by atoms with Gasteiger partial charge in [-0.2, -0.15) is 0 Å². The van der Waals surface area contributed by atoms with E-state index in [0.29, 0.717) is 42.7 Å². The van der Waals surface area contributed by atoms with Gasteiger partial charge in [-0.3, -0.25) is 4.57 Å². The summed E-state index contributed by atoms with van der Waals surface area (Å²) in [5.41, 5.74) is 0. The van der Waals surface area contributed by atoms with Gasteiger partial charge in [0.15, 0.2) is 0 Å². The maximum atomic E-state index is 11.9. The second kappa shape index (κ2) is 13.2. The number of phosphoric ester groups is 1. The van der Waals surface area contributed by atoms with Gasteiger partial charge in [0.1, 0.15) is 19.3 Å².